The fourth-order valence-electron chi connectivity index (χ4n) is 3.47. The van der Waals surface area contributed by atoms with Gasteiger partial charge in [-0.25, -0.2) is 4.79 Å². The molecule has 0 bridgehead atoms. The number of halogens is 2. The second-order valence-electron chi connectivity index (χ2n) is 7.82. The maximum Gasteiger partial charge on any atom is 0.387 e. The molecule has 0 aliphatic rings. The number of aryl methyl sites for hydroxylation is 1. The standard InChI is InChI=1S/C25H22F2N4O4S2/c1-14-4-6-15(7-5-14)18-12-36-22(20(18)23(33)34-3)28-19(32)13-37-25-30-29-21(31(25)2)16-8-10-17(11-9-16)35-24(26)27/h4-12,24H,13H2,1-3H3,(H,28,32). The van der Waals surface area contributed by atoms with Gasteiger partial charge in [-0.1, -0.05) is 41.6 Å². The summed E-state index contributed by atoms with van der Waals surface area (Å²) in [6.07, 6.45) is 0. The first-order valence-electron chi connectivity index (χ1n) is 10.9. The molecular weight excluding hydrogens is 522 g/mol. The predicted octanol–water partition coefficient (Wildman–Crippen LogP) is 5.64. The molecule has 1 amide bonds. The minimum Gasteiger partial charge on any atom is -0.465 e. The topological polar surface area (TPSA) is 95.3 Å². The number of carbonyl (C=O) groups excluding carboxylic acids is 2. The van der Waals surface area contributed by atoms with Crippen LogP contribution in [-0.4, -0.2) is 46.1 Å². The van der Waals surface area contributed by atoms with E-state index in [2.05, 4.69) is 20.3 Å². The van der Waals surface area contributed by atoms with Crippen molar-refractivity contribution < 1.29 is 27.8 Å². The van der Waals surface area contributed by atoms with Gasteiger partial charge in [0, 0.05) is 23.6 Å². The molecule has 0 spiro atoms. The van der Waals surface area contributed by atoms with E-state index >= 15 is 0 Å². The molecule has 0 atom stereocenters. The Morgan fingerprint density at radius 2 is 1.76 bits per heavy atom. The average molecular weight is 545 g/mol. The Bertz CT molecular complexity index is 1400. The lowest BCUT2D eigenvalue weighted by Gasteiger charge is -2.08. The smallest absolute Gasteiger partial charge is 0.387 e. The molecule has 12 heteroatoms. The van der Waals surface area contributed by atoms with Gasteiger partial charge in [-0.05, 0) is 36.8 Å². The van der Waals surface area contributed by atoms with E-state index < -0.39 is 12.6 Å². The molecule has 2 heterocycles. The molecule has 4 aromatic rings. The van der Waals surface area contributed by atoms with Crippen LogP contribution < -0.4 is 10.1 Å². The first-order valence-corrected chi connectivity index (χ1v) is 12.8. The van der Waals surface area contributed by atoms with Gasteiger partial charge in [-0.15, -0.1) is 21.5 Å². The number of benzene rings is 2. The van der Waals surface area contributed by atoms with E-state index in [9.17, 15) is 18.4 Å². The summed E-state index contributed by atoms with van der Waals surface area (Å²) in [5.74, 6) is -0.308. The third kappa shape index (κ3) is 6.15. The number of amides is 1. The zero-order chi connectivity index (χ0) is 26.5. The Labute approximate surface area is 219 Å². The molecule has 2 aromatic heterocycles. The fraction of sp³-hybridized carbons (Fsp3) is 0.200. The van der Waals surface area contributed by atoms with E-state index in [1.165, 1.54) is 42.3 Å². The van der Waals surface area contributed by atoms with E-state index in [0.717, 1.165) is 11.1 Å². The van der Waals surface area contributed by atoms with Crippen LogP contribution in [0.25, 0.3) is 22.5 Å². The molecule has 0 fully saturated rings. The van der Waals surface area contributed by atoms with Crippen LogP contribution in [0.2, 0.25) is 0 Å². The quantitative estimate of drug-likeness (QED) is 0.215. The summed E-state index contributed by atoms with van der Waals surface area (Å²) in [6.45, 7) is -0.925. The van der Waals surface area contributed by atoms with Crippen LogP contribution in [-0.2, 0) is 16.6 Å². The molecule has 8 nitrogen and oxygen atoms in total. The summed E-state index contributed by atoms with van der Waals surface area (Å²) < 4.78 is 35.8. The fourth-order valence-corrected chi connectivity index (χ4v) is 5.15. The molecule has 0 unspecified atom stereocenters. The highest BCUT2D eigenvalue weighted by Gasteiger charge is 2.23. The molecular formula is C25H22F2N4O4S2. The number of hydrogen-bond donors (Lipinski definition) is 1. The summed E-state index contributed by atoms with van der Waals surface area (Å²) in [5.41, 5.74) is 3.57. The number of nitrogens with zero attached hydrogens (tertiary/aromatic N) is 3. The second-order valence-corrected chi connectivity index (χ2v) is 9.64. The van der Waals surface area contributed by atoms with E-state index in [1.54, 1.807) is 23.7 Å². The van der Waals surface area contributed by atoms with Gasteiger partial charge in [0.05, 0.1) is 12.9 Å². The minimum absolute atomic E-state index is 0.0194. The number of aromatic nitrogens is 3. The van der Waals surface area contributed by atoms with E-state index in [4.69, 9.17) is 4.74 Å². The number of methoxy groups -OCH3 is 1. The summed E-state index contributed by atoms with van der Waals surface area (Å²) in [7, 11) is 3.03. The first kappa shape index (κ1) is 26.3. The number of hydrogen-bond acceptors (Lipinski definition) is 8. The van der Waals surface area contributed by atoms with Gasteiger partial charge in [0.2, 0.25) is 5.91 Å². The number of alkyl halides is 2. The van der Waals surface area contributed by atoms with Crippen molar-refractivity contribution in [2.24, 2.45) is 7.05 Å². The lowest BCUT2D eigenvalue weighted by molar-refractivity contribution is -0.113. The molecule has 4 rings (SSSR count). The van der Waals surface area contributed by atoms with E-state index in [0.29, 0.717) is 32.7 Å². The van der Waals surface area contributed by atoms with Gasteiger partial charge in [-0.3, -0.25) is 4.79 Å². The molecule has 37 heavy (non-hydrogen) atoms. The van der Waals surface area contributed by atoms with Crippen molar-refractivity contribution in [2.45, 2.75) is 18.7 Å². The summed E-state index contributed by atoms with van der Waals surface area (Å²) in [6, 6.07) is 13.8. The number of ether oxygens (including phenoxy) is 2. The lowest BCUT2D eigenvalue weighted by atomic mass is 10.0. The Morgan fingerprint density at radius 3 is 2.41 bits per heavy atom. The van der Waals surface area contributed by atoms with E-state index in [1.807, 2.05) is 36.6 Å². The normalized spacial score (nSPS) is 11.0. The van der Waals surface area contributed by atoms with Gasteiger partial charge in [-0.2, -0.15) is 8.78 Å². The van der Waals surface area contributed by atoms with Crippen molar-refractivity contribution in [1.29, 1.82) is 0 Å². The van der Waals surface area contributed by atoms with Crippen molar-refractivity contribution in [3.8, 4) is 28.3 Å². The van der Waals surface area contributed by atoms with Crippen LogP contribution in [0.3, 0.4) is 0 Å². The Morgan fingerprint density at radius 1 is 1.08 bits per heavy atom. The minimum atomic E-state index is -2.90. The van der Waals surface area contributed by atoms with Crippen molar-refractivity contribution in [3.63, 3.8) is 0 Å². The SMILES string of the molecule is COC(=O)c1c(-c2ccc(C)cc2)csc1NC(=O)CSc1nnc(-c2ccc(OC(F)F)cc2)n1C. The number of thiophene rings is 1. The third-order valence-electron chi connectivity index (χ3n) is 5.30. The number of rotatable bonds is 9. The average Bonchev–Trinajstić information content (AvgIpc) is 3.46. The van der Waals surface area contributed by atoms with Gasteiger partial charge < -0.3 is 19.4 Å². The molecule has 2 aromatic carbocycles. The van der Waals surface area contributed by atoms with Crippen LogP contribution in [0.4, 0.5) is 13.8 Å². The number of thioether (sulfide) groups is 1. The zero-order valence-electron chi connectivity index (χ0n) is 20.0. The summed E-state index contributed by atoms with van der Waals surface area (Å²) in [5, 5.41) is 13.8. The van der Waals surface area contributed by atoms with Crippen molar-refractivity contribution in [1.82, 2.24) is 14.8 Å². The highest BCUT2D eigenvalue weighted by atomic mass is 32.2. The largest absolute Gasteiger partial charge is 0.465 e. The Kier molecular flexibility index (Phi) is 8.19. The van der Waals surface area contributed by atoms with Gasteiger partial charge >= 0.3 is 12.6 Å². The maximum atomic E-state index is 12.7. The Hall–Kier alpha value is -3.77. The molecule has 0 saturated heterocycles. The molecule has 0 radical (unpaired) electrons. The van der Waals surface area contributed by atoms with Gasteiger partial charge in [0.15, 0.2) is 11.0 Å². The molecule has 0 aliphatic carbocycles. The molecule has 0 saturated carbocycles. The third-order valence-corrected chi connectivity index (χ3v) is 7.22. The van der Waals surface area contributed by atoms with Gasteiger partial charge in [0.25, 0.3) is 0 Å². The summed E-state index contributed by atoms with van der Waals surface area (Å²) >= 11 is 2.41. The number of nitrogens with one attached hydrogen (secondary N) is 1. The lowest BCUT2D eigenvalue weighted by Crippen LogP contribution is -2.16. The van der Waals surface area contributed by atoms with Crippen LogP contribution in [0, 0.1) is 6.92 Å². The van der Waals surface area contributed by atoms with E-state index in [-0.39, 0.29) is 17.4 Å². The molecule has 0 aliphatic heterocycles. The molecule has 1 N–H and O–H groups in total. The zero-order valence-corrected chi connectivity index (χ0v) is 21.7. The predicted molar refractivity (Wildman–Crippen MR) is 138 cm³/mol. The van der Waals surface area contributed by atoms with Crippen LogP contribution >= 0.6 is 23.1 Å². The van der Waals surface area contributed by atoms with Crippen molar-refractivity contribution in [3.05, 3.63) is 65.0 Å². The number of esters is 1. The van der Waals surface area contributed by atoms with Crippen LogP contribution in [0.15, 0.2) is 59.1 Å². The monoisotopic (exact) mass is 544 g/mol. The molecule has 192 valence electrons. The maximum absolute atomic E-state index is 12.7. The van der Waals surface area contributed by atoms with Crippen molar-refractivity contribution >= 4 is 40.0 Å². The number of carbonyl (C=O) groups is 2. The summed E-state index contributed by atoms with van der Waals surface area (Å²) in [4.78, 5) is 25.3. The number of anilines is 1. The highest BCUT2D eigenvalue weighted by Crippen LogP contribution is 2.36. The Balaban J connectivity index is 1.44. The van der Waals surface area contributed by atoms with Gasteiger partial charge in [0.1, 0.15) is 16.3 Å². The van der Waals surface area contributed by atoms with Crippen LogP contribution in [0.1, 0.15) is 15.9 Å². The highest BCUT2D eigenvalue weighted by molar-refractivity contribution is 7.99. The van der Waals surface area contributed by atoms with Crippen molar-refractivity contribution in [2.75, 3.05) is 18.2 Å². The second kappa shape index (κ2) is 11.5. The first-order chi connectivity index (χ1) is 17.8. The van der Waals surface area contributed by atoms with Crippen LogP contribution in [0.5, 0.6) is 5.75 Å².